The van der Waals surface area contributed by atoms with Gasteiger partial charge in [0.25, 0.3) is 5.56 Å². The van der Waals surface area contributed by atoms with Gasteiger partial charge in [0.05, 0.1) is 5.69 Å². The van der Waals surface area contributed by atoms with E-state index in [1.165, 1.54) is 0 Å². The number of aromatic carboxylic acids is 1. The van der Waals surface area contributed by atoms with Crippen molar-refractivity contribution < 1.29 is 15.0 Å². The van der Waals surface area contributed by atoms with E-state index in [-0.39, 0.29) is 0 Å². The van der Waals surface area contributed by atoms with Crippen molar-refractivity contribution in [2.45, 2.75) is 32.2 Å². The highest BCUT2D eigenvalue weighted by Gasteiger charge is 2.25. The van der Waals surface area contributed by atoms with Crippen LogP contribution in [0.25, 0.3) is 22.2 Å². The molecule has 1 aliphatic carbocycles. The van der Waals surface area contributed by atoms with Crippen molar-refractivity contribution in [1.82, 2.24) is 14.9 Å². The summed E-state index contributed by atoms with van der Waals surface area (Å²) in [6, 6.07) is 6.28. The maximum atomic E-state index is 12.4. The number of aromatic hydroxyl groups is 1. The topological polar surface area (TPSA) is 107 Å². The predicted molar refractivity (Wildman–Crippen MR) is 107 cm³/mol. The van der Waals surface area contributed by atoms with Crippen LogP contribution in [0, 0.1) is 0 Å². The fourth-order valence-electron chi connectivity index (χ4n) is 4.19. The standard InChI is InChI=1S/C21H23N3O4/c1-22-10-13-7-12-8-15-11(9-16(12)24(13)2)5-3-4-6-14-18(15)23-20(26)17(19(14)25)21(27)28/h7-9,22H,3-6,10H2,1-2H3,(H,27,28)(H2,23,25,26). The number of fused-ring (bicyclic) bond motifs is 4. The molecule has 0 fully saturated rings. The van der Waals surface area contributed by atoms with E-state index in [2.05, 4.69) is 27.0 Å². The largest absolute Gasteiger partial charge is 0.506 e. The first-order valence-electron chi connectivity index (χ1n) is 9.40. The van der Waals surface area contributed by atoms with Gasteiger partial charge in [-0.1, -0.05) is 0 Å². The summed E-state index contributed by atoms with van der Waals surface area (Å²) in [5.41, 5.74) is 3.87. The normalized spacial score (nSPS) is 13.6. The summed E-state index contributed by atoms with van der Waals surface area (Å²) in [6.45, 7) is 0.742. The third-order valence-electron chi connectivity index (χ3n) is 5.62. The SMILES string of the molecule is CNCc1cc2cc3c(cc2n1C)CCCCc1c-3[nH]c(=O)c(C(=O)O)c1O. The van der Waals surface area contributed by atoms with Gasteiger partial charge < -0.3 is 25.1 Å². The second-order valence-electron chi connectivity index (χ2n) is 7.34. The Labute approximate surface area is 161 Å². The van der Waals surface area contributed by atoms with Crippen LogP contribution in [0.3, 0.4) is 0 Å². The average Bonchev–Trinajstić information content (AvgIpc) is 2.93. The molecule has 0 aliphatic heterocycles. The number of carboxylic acid groups (broad SMARTS) is 1. The van der Waals surface area contributed by atoms with Gasteiger partial charge in [-0.25, -0.2) is 4.79 Å². The van der Waals surface area contributed by atoms with Gasteiger partial charge in [-0.3, -0.25) is 4.79 Å². The van der Waals surface area contributed by atoms with Gasteiger partial charge in [-0.05, 0) is 56.5 Å². The van der Waals surface area contributed by atoms with Crippen molar-refractivity contribution in [2.75, 3.05) is 7.05 Å². The molecule has 0 unspecified atom stereocenters. The molecule has 0 bridgehead atoms. The van der Waals surface area contributed by atoms with E-state index in [0.717, 1.165) is 53.5 Å². The lowest BCUT2D eigenvalue weighted by atomic mass is 9.89. The van der Waals surface area contributed by atoms with Crippen LogP contribution >= 0.6 is 0 Å². The summed E-state index contributed by atoms with van der Waals surface area (Å²) in [7, 11) is 3.94. The van der Waals surface area contributed by atoms with Gasteiger partial charge in [0.2, 0.25) is 0 Å². The molecule has 1 aromatic carbocycles. The minimum atomic E-state index is -1.42. The van der Waals surface area contributed by atoms with Crippen molar-refractivity contribution in [3.63, 3.8) is 0 Å². The lowest BCUT2D eigenvalue weighted by Crippen LogP contribution is -2.21. The molecule has 146 valence electrons. The first kappa shape index (κ1) is 18.3. The number of aromatic nitrogens is 2. The summed E-state index contributed by atoms with van der Waals surface area (Å²) in [6.07, 6.45) is 3.12. The van der Waals surface area contributed by atoms with Crippen molar-refractivity contribution in [2.24, 2.45) is 7.05 Å². The average molecular weight is 381 g/mol. The zero-order valence-corrected chi connectivity index (χ0v) is 15.9. The zero-order valence-electron chi connectivity index (χ0n) is 15.9. The highest BCUT2D eigenvalue weighted by Crippen LogP contribution is 2.37. The van der Waals surface area contributed by atoms with Crippen LogP contribution in [0.5, 0.6) is 5.75 Å². The fourth-order valence-corrected chi connectivity index (χ4v) is 4.19. The Hall–Kier alpha value is -3.06. The molecular formula is C21H23N3O4. The number of carboxylic acids is 1. The van der Waals surface area contributed by atoms with Crippen LogP contribution < -0.4 is 10.9 Å². The molecule has 0 spiro atoms. The van der Waals surface area contributed by atoms with Crippen LogP contribution in [0.4, 0.5) is 0 Å². The van der Waals surface area contributed by atoms with E-state index in [0.29, 0.717) is 17.7 Å². The van der Waals surface area contributed by atoms with Gasteiger partial charge in [0, 0.05) is 41.3 Å². The maximum Gasteiger partial charge on any atom is 0.345 e. The first-order valence-corrected chi connectivity index (χ1v) is 9.40. The molecule has 2 aromatic heterocycles. The Balaban J connectivity index is 2.02. The van der Waals surface area contributed by atoms with Crippen molar-refractivity contribution in [3.8, 4) is 17.0 Å². The minimum Gasteiger partial charge on any atom is -0.506 e. The Morgan fingerprint density at radius 3 is 2.71 bits per heavy atom. The number of benzene rings is 1. The van der Waals surface area contributed by atoms with E-state index in [9.17, 15) is 19.8 Å². The Bertz CT molecular complexity index is 1160. The van der Waals surface area contributed by atoms with E-state index in [4.69, 9.17) is 0 Å². The van der Waals surface area contributed by atoms with Gasteiger partial charge >= 0.3 is 5.97 Å². The summed E-state index contributed by atoms with van der Waals surface area (Å²) in [5, 5.41) is 24.1. The zero-order chi connectivity index (χ0) is 20.0. The number of aromatic amines is 1. The van der Waals surface area contributed by atoms with Gasteiger partial charge in [0.15, 0.2) is 5.56 Å². The van der Waals surface area contributed by atoms with Gasteiger partial charge in [-0.2, -0.15) is 0 Å². The minimum absolute atomic E-state index is 0.414. The quantitative estimate of drug-likeness (QED) is 0.558. The molecule has 2 heterocycles. The Kier molecular flexibility index (Phi) is 4.47. The molecule has 0 amide bonds. The van der Waals surface area contributed by atoms with Crippen molar-refractivity contribution in [3.05, 3.63) is 50.9 Å². The highest BCUT2D eigenvalue weighted by atomic mass is 16.4. The Morgan fingerprint density at radius 1 is 1.25 bits per heavy atom. The lowest BCUT2D eigenvalue weighted by Gasteiger charge is -2.19. The number of hydrogen-bond donors (Lipinski definition) is 4. The molecular weight excluding hydrogens is 358 g/mol. The van der Waals surface area contributed by atoms with Gasteiger partial charge in [0.1, 0.15) is 5.75 Å². The summed E-state index contributed by atoms with van der Waals surface area (Å²) >= 11 is 0. The molecule has 28 heavy (non-hydrogen) atoms. The molecule has 0 atom stereocenters. The Morgan fingerprint density at radius 2 is 2.00 bits per heavy atom. The number of aryl methyl sites for hydroxylation is 2. The van der Waals surface area contributed by atoms with Gasteiger partial charge in [-0.15, -0.1) is 0 Å². The lowest BCUT2D eigenvalue weighted by molar-refractivity contribution is 0.0691. The number of pyridine rings is 1. The predicted octanol–water partition coefficient (Wildman–Crippen LogP) is 2.54. The van der Waals surface area contributed by atoms with E-state index < -0.39 is 22.8 Å². The number of nitrogens with one attached hydrogen (secondary N) is 2. The third-order valence-corrected chi connectivity index (χ3v) is 5.62. The second kappa shape index (κ2) is 6.83. The van der Waals surface area contributed by atoms with Crippen LogP contribution in [-0.2, 0) is 26.4 Å². The van der Waals surface area contributed by atoms with E-state index in [1.54, 1.807) is 0 Å². The van der Waals surface area contributed by atoms with Crippen LogP contribution in [0.2, 0.25) is 0 Å². The monoisotopic (exact) mass is 381 g/mol. The van der Waals surface area contributed by atoms with Crippen molar-refractivity contribution >= 4 is 16.9 Å². The molecule has 4 rings (SSSR count). The van der Waals surface area contributed by atoms with Crippen LogP contribution in [0.15, 0.2) is 23.0 Å². The molecule has 7 heteroatoms. The number of carbonyl (C=O) groups is 1. The number of rotatable bonds is 3. The number of hydrogen-bond acceptors (Lipinski definition) is 4. The third kappa shape index (κ3) is 2.79. The summed E-state index contributed by atoms with van der Waals surface area (Å²) in [4.78, 5) is 26.5. The number of nitrogens with zero attached hydrogens (tertiary/aromatic N) is 1. The molecule has 0 saturated carbocycles. The highest BCUT2D eigenvalue weighted by molar-refractivity contribution is 5.93. The van der Waals surface area contributed by atoms with E-state index >= 15 is 0 Å². The van der Waals surface area contributed by atoms with Crippen molar-refractivity contribution in [1.29, 1.82) is 0 Å². The first-order chi connectivity index (χ1) is 13.4. The molecule has 1 aliphatic rings. The smallest absolute Gasteiger partial charge is 0.345 e. The second-order valence-corrected chi connectivity index (χ2v) is 7.34. The molecule has 4 N–H and O–H groups in total. The fraction of sp³-hybridized carbons (Fsp3) is 0.333. The van der Waals surface area contributed by atoms with E-state index in [1.807, 2.05) is 20.2 Å². The molecule has 7 nitrogen and oxygen atoms in total. The summed E-state index contributed by atoms with van der Waals surface area (Å²) in [5.74, 6) is -1.83. The molecule has 0 radical (unpaired) electrons. The maximum absolute atomic E-state index is 12.4. The van der Waals surface area contributed by atoms with Crippen LogP contribution in [0.1, 0.15) is 40.0 Å². The molecule has 0 saturated heterocycles. The number of H-pyrrole nitrogens is 1. The van der Waals surface area contributed by atoms with Crippen LogP contribution in [-0.4, -0.2) is 32.8 Å². The molecule has 3 aromatic rings. The summed E-state index contributed by atoms with van der Waals surface area (Å²) < 4.78 is 2.15.